The van der Waals surface area contributed by atoms with E-state index in [0.717, 1.165) is 42.9 Å². The maximum absolute atomic E-state index is 13.0. The van der Waals surface area contributed by atoms with Gasteiger partial charge in [-0.2, -0.15) is 0 Å². The highest BCUT2D eigenvalue weighted by Gasteiger charge is 2.39. The standard InChI is InChI=1S/C23H25ClN6O3/c24-19-10-26-11-20(27-19)29(16-2-1-7-25-9-16)12-14-3-4-17-15(8-14)13-30(23(17)33)18-5-6-21(31)28-22(18)32/h3-4,8,10-11,16,18,25H,1-2,5-7,9,12-13H2,(H,28,31,32). The van der Waals surface area contributed by atoms with Crippen LogP contribution in [0.4, 0.5) is 5.82 Å². The number of piperidine rings is 2. The Hall–Kier alpha value is -3.04. The molecule has 172 valence electrons. The maximum atomic E-state index is 13.0. The van der Waals surface area contributed by atoms with Gasteiger partial charge in [0.2, 0.25) is 11.8 Å². The van der Waals surface area contributed by atoms with Crippen LogP contribution < -0.4 is 15.5 Å². The van der Waals surface area contributed by atoms with E-state index in [1.807, 2.05) is 18.2 Å². The Labute approximate surface area is 196 Å². The van der Waals surface area contributed by atoms with E-state index in [1.165, 1.54) is 6.20 Å². The van der Waals surface area contributed by atoms with E-state index in [4.69, 9.17) is 11.6 Å². The molecule has 2 fully saturated rings. The number of carbonyl (C=O) groups excluding carboxylic acids is 3. The first-order valence-corrected chi connectivity index (χ1v) is 11.6. The zero-order chi connectivity index (χ0) is 22.9. The first-order valence-electron chi connectivity index (χ1n) is 11.2. The van der Waals surface area contributed by atoms with Crippen molar-refractivity contribution in [2.75, 3.05) is 18.0 Å². The van der Waals surface area contributed by atoms with Crippen LogP contribution in [0.25, 0.3) is 0 Å². The lowest BCUT2D eigenvalue weighted by molar-refractivity contribution is -0.136. The van der Waals surface area contributed by atoms with Crippen molar-refractivity contribution in [3.05, 3.63) is 52.4 Å². The van der Waals surface area contributed by atoms with Crippen LogP contribution in [0.2, 0.25) is 5.15 Å². The Morgan fingerprint density at radius 2 is 2.06 bits per heavy atom. The summed E-state index contributed by atoms with van der Waals surface area (Å²) in [6.07, 6.45) is 5.96. The van der Waals surface area contributed by atoms with Gasteiger partial charge in [0.05, 0.1) is 12.4 Å². The molecule has 1 aromatic heterocycles. The number of hydrogen-bond acceptors (Lipinski definition) is 7. The molecule has 3 aliphatic heterocycles. The van der Waals surface area contributed by atoms with E-state index >= 15 is 0 Å². The summed E-state index contributed by atoms with van der Waals surface area (Å²) in [5, 5.41) is 6.14. The average molecular weight is 469 g/mol. The summed E-state index contributed by atoms with van der Waals surface area (Å²) in [7, 11) is 0. The second-order valence-corrected chi connectivity index (χ2v) is 9.11. The number of halogens is 1. The molecule has 9 nitrogen and oxygen atoms in total. The minimum atomic E-state index is -0.613. The minimum absolute atomic E-state index is 0.167. The molecule has 2 unspecified atom stereocenters. The number of nitrogens with one attached hydrogen (secondary N) is 2. The number of fused-ring (bicyclic) bond motifs is 1. The van der Waals surface area contributed by atoms with Gasteiger partial charge in [-0.25, -0.2) is 4.98 Å². The Kier molecular flexibility index (Phi) is 5.99. The zero-order valence-corrected chi connectivity index (χ0v) is 18.8. The van der Waals surface area contributed by atoms with E-state index in [-0.39, 0.29) is 24.3 Å². The van der Waals surface area contributed by atoms with Crippen LogP contribution in [0.3, 0.4) is 0 Å². The number of aromatic nitrogens is 2. The molecule has 2 N–H and O–H groups in total. The smallest absolute Gasteiger partial charge is 0.255 e. The third-order valence-electron chi connectivity index (χ3n) is 6.54. The molecule has 3 aliphatic rings. The summed E-state index contributed by atoms with van der Waals surface area (Å²) in [5.74, 6) is -0.134. The molecule has 33 heavy (non-hydrogen) atoms. The molecule has 0 aliphatic carbocycles. The summed E-state index contributed by atoms with van der Waals surface area (Å²) in [6, 6.07) is 5.45. The lowest BCUT2D eigenvalue weighted by atomic mass is 10.0. The van der Waals surface area contributed by atoms with Crippen molar-refractivity contribution >= 4 is 35.1 Å². The molecular formula is C23H25ClN6O3. The fourth-order valence-electron chi connectivity index (χ4n) is 4.89. The number of amides is 3. The fraction of sp³-hybridized carbons (Fsp3) is 0.435. The topological polar surface area (TPSA) is 108 Å². The van der Waals surface area contributed by atoms with E-state index in [0.29, 0.717) is 30.2 Å². The molecule has 4 heterocycles. The van der Waals surface area contributed by atoms with Crippen LogP contribution in [0.5, 0.6) is 0 Å². The first kappa shape index (κ1) is 21.8. The summed E-state index contributed by atoms with van der Waals surface area (Å²) in [6.45, 7) is 2.81. The van der Waals surface area contributed by atoms with Crippen molar-refractivity contribution in [3.63, 3.8) is 0 Å². The van der Waals surface area contributed by atoms with Gasteiger partial charge in [-0.05, 0) is 43.0 Å². The SMILES string of the molecule is O=C1CCC(N2Cc3cc(CN(c4cncc(Cl)n4)C4CCCNC4)ccc3C2=O)C(=O)N1. The monoisotopic (exact) mass is 468 g/mol. The van der Waals surface area contributed by atoms with Crippen LogP contribution in [0.1, 0.15) is 47.2 Å². The van der Waals surface area contributed by atoms with Gasteiger partial charge in [-0.3, -0.25) is 24.7 Å². The van der Waals surface area contributed by atoms with Crippen molar-refractivity contribution in [2.24, 2.45) is 0 Å². The molecule has 2 saturated heterocycles. The quantitative estimate of drug-likeness (QED) is 0.642. The van der Waals surface area contributed by atoms with Gasteiger partial charge < -0.3 is 15.1 Å². The Balaban J connectivity index is 1.38. The van der Waals surface area contributed by atoms with E-state index in [9.17, 15) is 14.4 Å². The summed E-state index contributed by atoms with van der Waals surface area (Å²) >= 11 is 6.12. The molecule has 1 aromatic carbocycles. The predicted octanol–water partition coefficient (Wildman–Crippen LogP) is 1.65. The summed E-state index contributed by atoms with van der Waals surface area (Å²) in [4.78, 5) is 49.2. The highest BCUT2D eigenvalue weighted by Crippen LogP contribution is 2.30. The van der Waals surface area contributed by atoms with E-state index < -0.39 is 11.9 Å². The second-order valence-electron chi connectivity index (χ2n) is 8.72. The van der Waals surface area contributed by atoms with Crippen molar-refractivity contribution in [2.45, 2.75) is 50.9 Å². The van der Waals surface area contributed by atoms with Gasteiger partial charge in [0.25, 0.3) is 5.91 Å². The van der Waals surface area contributed by atoms with Crippen LogP contribution in [0, 0.1) is 0 Å². The first-order chi connectivity index (χ1) is 16.0. The van der Waals surface area contributed by atoms with Crippen LogP contribution >= 0.6 is 11.6 Å². The molecule has 5 rings (SSSR count). The fourth-order valence-corrected chi connectivity index (χ4v) is 5.03. The number of rotatable bonds is 5. The van der Waals surface area contributed by atoms with Gasteiger partial charge in [-0.15, -0.1) is 0 Å². The number of benzene rings is 1. The van der Waals surface area contributed by atoms with Gasteiger partial charge in [0, 0.05) is 37.7 Å². The number of carbonyl (C=O) groups is 3. The van der Waals surface area contributed by atoms with E-state index in [2.05, 4.69) is 25.5 Å². The maximum Gasteiger partial charge on any atom is 0.255 e. The molecule has 10 heteroatoms. The Bertz CT molecular complexity index is 1100. The summed E-state index contributed by atoms with van der Waals surface area (Å²) in [5.41, 5.74) is 2.54. The number of nitrogens with zero attached hydrogens (tertiary/aromatic N) is 4. The molecule has 0 spiro atoms. The van der Waals surface area contributed by atoms with Crippen LogP contribution in [0.15, 0.2) is 30.6 Å². The normalized spacial score (nSPS) is 22.8. The highest BCUT2D eigenvalue weighted by atomic mass is 35.5. The van der Waals surface area contributed by atoms with Gasteiger partial charge in [0.15, 0.2) is 0 Å². The van der Waals surface area contributed by atoms with Gasteiger partial charge in [0.1, 0.15) is 17.0 Å². The van der Waals surface area contributed by atoms with Crippen molar-refractivity contribution in [1.29, 1.82) is 0 Å². The van der Waals surface area contributed by atoms with E-state index in [1.54, 1.807) is 11.1 Å². The predicted molar refractivity (Wildman–Crippen MR) is 122 cm³/mol. The third-order valence-corrected chi connectivity index (χ3v) is 6.72. The molecule has 2 aromatic rings. The Morgan fingerprint density at radius 3 is 2.82 bits per heavy atom. The highest BCUT2D eigenvalue weighted by molar-refractivity contribution is 6.29. The molecule has 0 saturated carbocycles. The van der Waals surface area contributed by atoms with Crippen molar-refractivity contribution in [1.82, 2.24) is 25.5 Å². The van der Waals surface area contributed by atoms with Crippen LogP contribution in [-0.4, -0.2) is 57.8 Å². The zero-order valence-electron chi connectivity index (χ0n) is 18.1. The molecule has 0 radical (unpaired) electrons. The third kappa shape index (κ3) is 4.43. The average Bonchev–Trinajstić information content (AvgIpc) is 3.13. The van der Waals surface area contributed by atoms with Crippen molar-refractivity contribution < 1.29 is 14.4 Å². The molecule has 0 bridgehead atoms. The minimum Gasteiger partial charge on any atom is -0.347 e. The lowest BCUT2D eigenvalue weighted by Crippen LogP contribution is -2.52. The number of imide groups is 1. The molecule has 3 amide bonds. The van der Waals surface area contributed by atoms with Crippen molar-refractivity contribution in [3.8, 4) is 0 Å². The molecular weight excluding hydrogens is 444 g/mol. The summed E-state index contributed by atoms with van der Waals surface area (Å²) < 4.78 is 0. The largest absolute Gasteiger partial charge is 0.347 e. The van der Waals surface area contributed by atoms with Gasteiger partial charge >= 0.3 is 0 Å². The Morgan fingerprint density at radius 1 is 1.18 bits per heavy atom. The second kappa shape index (κ2) is 9.07. The molecule has 2 atom stereocenters. The van der Waals surface area contributed by atoms with Gasteiger partial charge in [-0.1, -0.05) is 23.7 Å². The number of anilines is 1. The van der Waals surface area contributed by atoms with Crippen LogP contribution in [-0.2, 0) is 22.7 Å². The lowest BCUT2D eigenvalue weighted by Gasteiger charge is -2.35. The number of hydrogen-bond donors (Lipinski definition) is 2.